The Morgan fingerprint density at radius 2 is 2.04 bits per heavy atom. The van der Waals surface area contributed by atoms with E-state index in [4.69, 9.17) is 4.74 Å². The molecule has 0 aliphatic carbocycles. The predicted octanol–water partition coefficient (Wildman–Crippen LogP) is 3.96. The Morgan fingerprint density at radius 3 is 2.70 bits per heavy atom. The minimum Gasteiger partial charge on any atom is -0.497 e. The molecule has 2 aromatic rings. The molecule has 3 rings (SSSR count). The smallest absolute Gasteiger partial charge is 0.433 e. The van der Waals surface area contributed by atoms with E-state index in [1.165, 1.54) is 0 Å². The Hall–Kier alpha value is -2.29. The molecule has 1 unspecified atom stereocenters. The van der Waals surface area contributed by atoms with E-state index in [-0.39, 0.29) is 22.9 Å². The molecule has 1 aromatic carbocycles. The zero-order chi connectivity index (χ0) is 19.4. The van der Waals surface area contributed by atoms with Gasteiger partial charge in [0.05, 0.1) is 18.9 Å². The van der Waals surface area contributed by atoms with Crippen LogP contribution in [0.3, 0.4) is 0 Å². The van der Waals surface area contributed by atoms with E-state index in [0.29, 0.717) is 6.54 Å². The fraction of sp³-hybridized carbons (Fsp3) is 0.389. The molecule has 1 atom stereocenters. The van der Waals surface area contributed by atoms with E-state index in [0.717, 1.165) is 48.2 Å². The largest absolute Gasteiger partial charge is 0.497 e. The maximum Gasteiger partial charge on any atom is 0.433 e. The molecule has 0 spiro atoms. The molecule has 1 amide bonds. The van der Waals surface area contributed by atoms with E-state index >= 15 is 0 Å². The molecule has 1 aliphatic rings. The van der Waals surface area contributed by atoms with Gasteiger partial charge in [-0.1, -0.05) is 23.9 Å². The summed E-state index contributed by atoms with van der Waals surface area (Å²) >= 11 is 0.916. The first kappa shape index (κ1) is 19.5. The van der Waals surface area contributed by atoms with E-state index in [1.54, 1.807) is 12.0 Å². The summed E-state index contributed by atoms with van der Waals surface area (Å²) in [6.07, 6.45) is -1.74. The van der Waals surface area contributed by atoms with Gasteiger partial charge in [0.15, 0.2) is 5.16 Å². The Bertz CT molecular complexity index is 799. The molecule has 0 saturated carbocycles. The number of aromatic nitrogens is 2. The number of methoxy groups -OCH3 is 1. The Labute approximate surface area is 158 Å². The number of benzene rings is 1. The average Bonchev–Trinajstić information content (AvgIpc) is 3.15. The Kier molecular flexibility index (Phi) is 5.88. The number of ether oxygens (including phenoxy) is 1. The normalized spacial score (nSPS) is 17.2. The SMILES string of the molecule is COc1ccc(C2CCCN2C(=O)CSc2nccc(C(F)(F)F)n2)cc1. The van der Waals surface area contributed by atoms with Gasteiger partial charge in [0.25, 0.3) is 0 Å². The highest BCUT2D eigenvalue weighted by Crippen LogP contribution is 2.34. The third-order valence-corrected chi connectivity index (χ3v) is 5.17. The minimum absolute atomic E-state index is 0.00599. The average molecular weight is 397 g/mol. The number of amides is 1. The molecular formula is C18H18F3N3O2S. The fourth-order valence-electron chi connectivity index (χ4n) is 3.02. The van der Waals surface area contributed by atoms with Gasteiger partial charge in [-0.25, -0.2) is 9.97 Å². The second-order valence-electron chi connectivity index (χ2n) is 6.03. The van der Waals surface area contributed by atoms with Crippen molar-refractivity contribution in [1.29, 1.82) is 0 Å². The summed E-state index contributed by atoms with van der Waals surface area (Å²) in [4.78, 5) is 21.7. The van der Waals surface area contributed by atoms with Crippen molar-refractivity contribution in [1.82, 2.24) is 14.9 Å². The lowest BCUT2D eigenvalue weighted by molar-refractivity contribution is -0.141. The molecule has 9 heteroatoms. The van der Waals surface area contributed by atoms with Crippen LogP contribution in [0.4, 0.5) is 13.2 Å². The third kappa shape index (κ3) is 4.71. The number of thioether (sulfide) groups is 1. The van der Waals surface area contributed by atoms with E-state index in [9.17, 15) is 18.0 Å². The van der Waals surface area contributed by atoms with Crippen molar-refractivity contribution in [2.24, 2.45) is 0 Å². The van der Waals surface area contributed by atoms with E-state index in [2.05, 4.69) is 9.97 Å². The molecular weight excluding hydrogens is 379 g/mol. The van der Waals surface area contributed by atoms with Gasteiger partial charge >= 0.3 is 6.18 Å². The zero-order valence-electron chi connectivity index (χ0n) is 14.6. The summed E-state index contributed by atoms with van der Waals surface area (Å²) in [6, 6.07) is 8.33. The quantitative estimate of drug-likeness (QED) is 0.565. The van der Waals surface area contributed by atoms with Crippen LogP contribution in [0.15, 0.2) is 41.7 Å². The van der Waals surface area contributed by atoms with Crippen LogP contribution >= 0.6 is 11.8 Å². The lowest BCUT2D eigenvalue weighted by Gasteiger charge is -2.25. The number of nitrogens with zero attached hydrogens (tertiary/aromatic N) is 3. The Morgan fingerprint density at radius 1 is 1.30 bits per heavy atom. The maximum atomic E-state index is 12.7. The number of hydrogen-bond donors (Lipinski definition) is 0. The Balaban J connectivity index is 1.65. The molecule has 5 nitrogen and oxygen atoms in total. The molecule has 1 fully saturated rings. The van der Waals surface area contributed by atoms with Gasteiger partial charge in [-0.05, 0) is 36.6 Å². The molecule has 2 heterocycles. The minimum atomic E-state index is -4.53. The number of hydrogen-bond acceptors (Lipinski definition) is 5. The monoisotopic (exact) mass is 397 g/mol. The number of alkyl halides is 3. The van der Waals surface area contributed by atoms with Crippen molar-refractivity contribution in [2.75, 3.05) is 19.4 Å². The molecule has 0 radical (unpaired) electrons. The molecule has 144 valence electrons. The van der Waals surface area contributed by atoms with E-state index in [1.807, 2.05) is 24.3 Å². The van der Waals surface area contributed by atoms with Crippen molar-refractivity contribution in [3.8, 4) is 5.75 Å². The molecule has 1 aliphatic heterocycles. The molecule has 0 N–H and O–H groups in total. The lowest BCUT2D eigenvalue weighted by atomic mass is 10.0. The summed E-state index contributed by atoms with van der Waals surface area (Å²) in [5.74, 6) is 0.597. The van der Waals surface area contributed by atoms with Gasteiger partial charge in [-0.15, -0.1) is 0 Å². The second-order valence-corrected chi connectivity index (χ2v) is 6.97. The topological polar surface area (TPSA) is 55.3 Å². The van der Waals surface area contributed by atoms with Crippen molar-refractivity contribution in [2.45, 2.75) is 30.2 Å². The number of rotatable bonds is 5. The highest BCUT2D eigenvalue weighted by molar-refractivity contribution is 7.99. The lowest BCUT2D eigenvalue weighted by Crippen LogP contribution is -2.32. The standard InChI is InChI=1S/C18H18F3N3O2S/c1-26-13-6-4-12(5-7-13)14-3-2-10-24(14)16(25)11-27-17-22-9-8-15(23-17)18(19,20)21/h4-9,14H,2-3,10-11H2,1H3. The van der Waals surface area contributed by atoms with Gasteiger partial charge in [-0.2, -0.15) is 13.2 Å². The zero-order valence-corrected chi connectivity index (χ0v) is 15.4. The molecule has 1 saturated heterocycles. The van der Waals surface area contributed by atoms with Gasteiger partial charge in [0, 0.05) is 12.7 Å². The van der Waals surface area contributed by atoms with Crippen LogP contribution in [0.1, 0.15) is 30.1 Å². The molecule has 1 aromatic heterocycles. The maximum absolute atomic E-state index is 12.7. The van der Waals surface area contributed by atoms with Crippen molar-refractivity contribution >= 4 is 17.7 Å². The third-order valence-electron chi connectivity index (χ3n) is 4.32. The summed E-state index contributed by atoms with van der Waals surface area (Å²) in [6.45, 7) is 0.625. The predicted molar refractivity (Wildman–Crippen MR) is 94.4 cm³/mol. The van der Waals surface area contributed by atoms with Crippen molar-refractivity contribution in [3.63, 3.8) is 0 Å². The fourth-order valence-corrected chi connectivity index (χ4v) is 3.73. The second kappa shape index (κ2) is 8.16. The number of halogens is 3. The van der Waals surface area contributed by atoms with Crippen LogP contribution in [-0.2, 0) is 11.0 Å². The van der Waals surface area contributed by atoms with Crippen molar-refractivity contribution in [3.05, 3.63) is 47.8 Å². The van der Waals surface area contributed by atoms with Gasteiger partial charge in [0.2, 0.25) is 5.91 Å². The van der Waals surface area contributed by atoms with Crippen LogP contribution in [-0.4, -0.2) is 40.2 Å². The van der Waals surface area contributed by atoms with Gasteiger partial charge in [0.1, 0.15) is 11.4 Å². The summed E-state index contributed by atoms with van der Waals surface area (Å²) < 4.78 is 43.3. The highest BCUT2D eigenvalue weighted by atomic mass is 32.2. The summed E-state index contributed by atoms with van der Waals surface area (Å²) in [5.41, 5.74) is 0.00620. The van der Waals surface area contributed by atoms with E-state index < -0.39 is 11.9 Å². The van der Waals surface area contributed by atoms with Crippen molar-refractivity contribution < 1.29 is 22.7 Å². The first-order valence-corrected chi connectivity index (χ1v) is 9.33. The summed E-state index contributed by atoms with van der Waals surface area (Å²) in [5, 5.41) is -0.0571. The molecule has 0 bridgehead atoms. The van der Waals surface area contributed by atoms with Crippen LogP contribution < -0.4 is 4.74 Å². The molecule has 27 heavy (non-hydrogen) atoms. The van der Waals surface area contributed by atoms with Crippen LogP contribution in [0, 0.1) is 0 Å². The summed E-state index contributed by atoms with van der Waals surface area (Å²) in [7, 11) is 1.59. The first-order chi connectivity index (χ1) is 12.9. The number of carbonyl (C=O) groups is 1. The van der Waals surface area contributed by atoms with Gasteiger partial charge < -0.3 is 9.64 Å². The number of carbonyl (C=O) groups excluding carboxylic acids is 1. The number of likely N-dealkylation sites (tertiary alicyclic amines) is 1. The van der Waals surface area contributed by atoms with Crippen LogP contribution in [0.25, 0.3) is 0 Å². The highest BCUT2D eigenvalue weighted by Gasteiger charge is 2.33. The van der Waals surface area contributed by atoms with Gasteiger partial charge in [-0.3, -0.25) is 4.79 Å². The first-order valence-electron chi connectivity index (χ1n) is 8.35. The van der Waals surface area contributed by atoms with Crippen LogP contribution in [0.5, 0.6) is 5.75 Å². The van der Waals surface area contributed by atoms with Crippen LogP contribution in [0.2, 0.25) is 0 Å².